The van der Waals surface area contributed by atoms with E-state index >= 15 is 0 Å². The Hall–Kier alpha value is -5.21. The number of aromatic nitrogens is 4. The highest BCUT2D eigenvalue weighted by Crippen LogP contribution is 2.43. The topological polar surface area (TPSA) is 132 Å². The molecule has 0 unspecified atom stereocenters. The van der Waals surface area contributed by atoms with Crippen molar-refractivity contribution >= 4 is 39.9 Å². The Kier molecular flexibility index (Phi) is 9.07. The van der Waals surface area contributed by atoms with Crippen molar-refractivity contribution in [3.05, 3.63) is 96.8 Å². The standard InChI is InChI=1S/C37H35ClF3N7O4/c1-18-21(7-6-10-24(18)44-33-31-27(16-28(46-33)37(39,40)41)47(2)36(51)48(3)35(31)50)22-8-5-9-23(32(22)38)26-15-19-11-13-25(30(19)34(45-26)52-4)42-17-20-12-14-29(49)43-20/h5-10,15-16,20,25,42H,11-14,17H2,1-4H3,(H,43,49)(H,44,46)/t20-,25-/m0/s1. The minimum Gasteiger partial charge on any atom is -0.481 e. The number of anilines is 2. The van der Waals surface area contributed by atoms with Crippen LogP contribution in [0.3, 0.4) is 0 Å². The summed E-state index contributed by atoms with van der Waals surface area (Å²) in [5.41, 5.74) is 2.71. The Morgan fingerprint density at radius 1 is 0.981 bits per heavy atom. The second kappa shape index (κ2) is 13.4. The fraction of sp³-hybridized carbons (Fsp3) is 0.324. The molecule has 4 heterocycles. The minimum absolute atomic E-state index is 0.0252. The third kappa shape index (κ3) is 6.19. The number of aryl methyl sites for hydroxylation is 2. The van der Waals surface area contributed by atoms with Crippen LogP contribution in [0.4, 0.5) is 24.7 Å². The largest absolute Gasteiger partial charge is 0.481 e. The number of ether oxygens (including phenoxy) is 1. The lowest BCUT2D eigenvalue weighted by atomic mass is 9.96. The van der Waals surface area contributed by atoms with Crippen molar-refractivity contribution in [2.45, 2.75) is 50.9 Å². The van der Waals surface area contributed by atoms with E-state index in [2.05, 4.69) is 20.9 Å². The summed E-state index contributed by atoms with van der Waals surface area (Å²) in [4.78, 5) is 46.2. The zero-order valence-electron chi connectivity index (χ0n) is 28.7. The highest BCUT2D eigenvalue weighted by molar-refractivity contribution is 6.36. The molecule has 15 heteroatoms. The lowest BCUT2D eigenvalue weighted by Crippen LogP contribution is -2.37. The van der Waals surface area contributed by atoms with Gasteiger partial charge in [0.15, 0.2) is 0 Å². The number of nitrogens with one attached hydrogen (secondary N) is 3. The molecule has 0 bridgehead atoms. The van der Waals surface area contributed by atoms with Crippen molar-refractivity contribution in [3.63, 3.8) is 0 Å². The molecule has 2 aliphatic rings. The second-order valence-electron chi connectivity index (χ2n) is 13.1. The van der Waals surface area contributed by atoms with Gasteiger partial charge >= 0.3 is 11.9 Å². The van der Waals surface area contributed by atoms with Gasteiger partial charge in [-0.25, -0.2) is 14.8 Å². The van der Waals surface area contributed by atoms with E-state index in [0.717, 1.165) is 39.5 Å². The predicted octanol–water partition coefficient (Wildman–Crippen LogP) is 5.95. The third-order valence-electron chi connectivity index (χ3n) is 9.94. The molecule has 0 spiro atoms. The number of halogens is 4. The summed E-state index contributed by atoms with van der Waals surface area (Å²) >= 11 is 7.13. The minimum atomic E-state index is -4.84. The zero-order chi connectivity index (χ0) is 37.1. The molecule has 1 aliphatic heterocycles. The first-order valence-corrected chi connectivity index (χ1v) is 17.1. The third-order valence-corrected chi connectivity index (χ3v) is 10.4. The predicted molar refractivity (Wildman–Crippen MR) is 192 cm³/mol. The average molecular weight is 734 g/mol. The smallest absolute Gasteiger partial charge is 0.433 e. The average Bonchev–Trinajstić information content (AvgIpc) is 3.74. The van der Waals surface area contributed by atoms with Gasteiger partial charge in [0, 0.05) is 61.5 Å². The Bertz CT molecular complexity index is 2390. The summed E-state index contributed by atoms with van der Waals surface area (Å²) in [6, 6.07) is 13.6. The Morgan fingerprint density at radius 2 is 1.71 bits per heavy atom. The van der Waals surface area contributed by atoms with Crippen molar-refractivity contribution in [2.24, 2.45) is 14.1 Å². The number of nitrogens with zero attached hydrogens (tertiary/aromatic N) is 4. The second-order valence-corrected chi connectivity index (χ2v) is 13.5. The van der Waals surface area contributed by atoms with Crippen molar-refractivity contribution in [1.82, 2.24) is 29.7 Å². The van der Waals surface area contributed by atoms with Crippen LogP contribution in [0, 0.1) is 6.92 Å². The summed E-state index contributed by atoms with van der Waals surface area (Å²) in [6.45, 7) is 2.43. The van der Waals surface area contributed by atoms with Crippen molar-refractivity contribution in [3.8, 4) is 28.3 Å². The molecule has 2 aromatic carbocycles. The molecule has 2 atom stereocenters. The maximum Gasteiger partial charge on any atom is 0.433 e. The number of rotatable bonds is 8. The number of methoxy groups -OCH3 is 1. The van der Waals surface area contributed by atoms with Crippen LogP contribution in [-0.4, -0.2) is 44.7 Å². The molecule has 0 radical (unpaired) electrons. The van der Waals surface area contributed by atoms with Crippen LogP contribution in [0.1, 0.15) is 47.7 Å². The Morgan fingerprint density at radius 3 is 2.42 bits per heavy atom. The normalized spacial score (nSPS) is 17.0. The first-order valence-electron chi connectivity index (χ1n) is 16.7. The van der Waals surface area contributed by atoms with Crippen LogP contribution < -0.4 is 31.9 Å². The van der Waals surface area contributed by atoms with Gasteiger partial charge in [-0.3, -0.25) is 18.7 Å². The van der Waals surface area contributed by atoms with E-state index in [-0.39, 0.29) is 34.7 Å². The number of hydrogen-bond donors (Lipinski definition) is 3. The van der Waals surface area contributed by atoms with Gasteiger partial charge in [0.1, 0.15) is 16.9 Å². The van der Waals surface area contributed by atoms with Crippen LogP contribution in [0.15, 0.2) is 58.1 Å². The van der Waals surface area contributed by atoms with E-state index in [1.54, 1.807) is 26.2 Å². The molecule has 1 amide bonds. The first kappa shape index (κ1) is 35.2. The van der Waals surface area contributed by atoms with Crippen LogP contribution in [0.2, 0.25) is 5.02 Å². The van der Waals surface area contributed by atoms with Crippen LogP contribution in [-0.2, 0) is 31.5 Å². The lowest BCUT2D eigenvalue weighted by Gasteiger charge is -2.20. The van der Waals surface area contributed by atoms with E-state index in [4.69, 9.17) is 21.3 Å². The number of carbonyl (C=O) groups excluding carboxylic acids is 1. The maximum absolute atomic E-state index is 14.0. The van der Waals surface area contributed by atoms with Crippen molar-refractivity contribution < 1.29 is 22.7 Å². The maximum atomic E-state index is 14.0. The van der Waals surface area contributed by atoms with E-state index in [9.17, 15) is 27.6 Å². The summed E-state index contributed by atoms with van der Waals surface area (Å²) < 4.78 is 49.5. The van der Waals surface area contributed by atoms with Gasteiger partial charge < -0.3 is 20.7 Å². The molecule has 52 heavy (non-hydrogen) atoms. The number of fused-ring (bicyclic) bond motifs is 2. The first-order chi connectivity index (χ1) is 24.8. The van der Waals surface area contributed by atoms with E-state index in [1.807, 2.05) is 30.3 Å². The quantitative estimate of drug-likeness (QED) is 0.178. The fourth-order valence-electron chi connectivity index (χ4n) is 7.17. The number of alkyl halides is 3. The molecule has 5 aromatic rings. The summed E-state index contributed by atoms with van der Waals surface area (Å²) in [7, 11) is 4.14. The van der Waals surface area contributed by atoms with Crippen LogP contribution >= 0.6 is 11.6 Å². The Balaban J connectivity index is 1.25. The zero-order valence-corrected chi connectivity index (χ0v) is 29.5. The number of pyridine rings is 2. The Labute approximate surface area is 300 Å². The molecule has 7 rings (SSSR count). The molecule has 3 aromatic heterocycles. The summed E-state index contributed by atoms with van der Waals surface area (Å²) in [5.74, 6) is 0.227. The number of amides is 1. The van der Waals surface area contributed by atoms with Gasteiger partial charge in [0.05, 0.1) is 23.3 Å². The number of benzene rings is 2. The number of carbonyl (C=O) groups is 1. The number of hydrogen-bond acceptors (Lipinski definition) is 8. The van der Waals surface area contributed by atoms with Gasteiger partial charge in [0.25, 0.3) is 5.56 Å². The SMILES string of the molecule is COc1nc(-c2cccc(-c3cccc(Nc4nc(C(F)(F)F)cc5c4c(=O)n(C)c(=O)n5C)c3C)c2Cl)cc2c1[C@@H](NC[C@@H]1CCC(=O)N1)CC2. The van der Waals surface area contributed by atoms with E-state index < -0.39 is 23.1 Å². The highest BCUT2D eigenvalue weighted by Gasteiger charge is 2.35. The van der Waals surface area contributed by atoms with Crippen LogP contribution in [0.5, 0.6) is 5.88 Å². The van der Waals surface area contributed by atoms with Crippen molar-refractivity contribution in [2.75, 3.05) is 19.0 Å². The summed E-state index contributed by atoms with van der Waals surface area (Å²) in [6.07, 6.45) is -1.85. The molecule has 1 aliphatic carbocycles. The highest BCUT2D eigenvalue weighted by atomic mass is 35.5. The molecular weight excluding hydrogens is 699 g/mol. The van der Waals surface area contributed by atoms with Gasteiger partial charge in [0.2, 0.25) is 11.8 Å². The van der Waals surface area contributed by atoms with Crippen LogP contribution in [0.25, 0.3) is 33.3 Å². The van der Waals surface area contributed by atoms with Gasteiger partial charge in [-0.2, -0.15) is 13.2 Å². The molecule has 11 nitrogen and oxygen atoms in total. The van der Waals surface area contributed by atoms with Crippen molar-refractivity contribution in [1.29, 1.82) is 0 Å². The van der Waals surface area contributed by atoms with Gasteiger partial charge in [-0.05, 0) is 61.1 Å². The fourth-order valence-corrected chi connectivity index (χ4v) is 7.50. The van der Waals surface area contributed by atoms with E-state index in [0.29, 0.717) is 63.6 Å². The lowest BCUT2D eigenvalue weighted by molar-refractivity contribution is -0.141. The molecular formula is C37H35ClF3N7O4. The molecule has 270 valence electrons. The van der Waals surface area contributed by atoms with E-state index in [1.165, 1.54) is 14.1 Å². The van der Waals surface area contributed by atoms with Gasteiger partial charge in [-0.15, -0.1) is 0 Å². The molecule has 1 fully saturated rings. The molecule has 3 N–H and O–H groups in total. The monoisotopic (exact) mass is 733 g/mol. The molecule has 1 saturated heterocycles. The summed E-state index contributed by atoms with van der Waals surface area (Å²) in [5, 5.41) is 9.77. The molecule has 0 saturated carbocycles. The van der Waals surface area contributed by atoms with Gasteiger partial charge in [-0.1, -0.05) is 41.9 Å².